The van der Waals surface area contributed by atoms with Crippen LogP contribution in [0.5, 0.6) is 0 Å². The number of nitrogens with two attached hydrogens (primary N) is 1. The largest absolute Gasteiger partial charge is 0.326 e. The van der Waals surface area contributed by atoms with E-state index in [1.165, 1.54) is 5.69 Å². The Balaban J connectivity index is 3.02. The highest BCUT2D eigenvalue weighted by molar-refractivity contribution is 9.10. The Morgan fingerprint density at radius 1 is 1.24 bits per heavy atom. The van der Waals surface area contributed by atoms with Crippen LogP contribution in [0.15, 0.2) is 4.47 Å². The van der Waals surface area contributed by atoms with E-state index >= 15 is 0 Å². The minimum atomic E-state index is -0.0296. The molecular weight excluding hydrogens is 328 g/mol. The van der Waals surface area contributed by atoms with Gasteiger partial charge in [-0.2, -0.15) is 5.10 Å². The summed E-state index contributed by atoms with van der Waals surface area (Å²) in [5, 5.41) is 4.67. The lowest BCUT2D eigenvalue weighted by molar-refractivity contribution is 0.106. The number of halogens is 1. The Morgan fingerprint density at radius 2 is 1.81 bits per heavy atom. The van der Waals surface area contributed by atoms with Gasteiger partial charge in [-0.1, -0.05) is 20.8 Å². The molecule has 4 nitrogen and oxygen atoms in total. The van der Waals surface area contributed by atoms with Crippen LogP contribution in [-0.4, -0.2) is 39.4 Å². The Hall–Kier alpha value is -0.390. The number of hydrogen-bond acceptors (Lipinski definition) is 3. The molecule has 0 saturated carbocycles. The van der Waals surface area contributed by atoms with Gasteiger partial charge in [-0.05, 0) is 56.2 Å². The van der Waals surface area contributed by atoms with Gasteiger partial charge in [0.1, 0.15) is 0 Å². The van der Waals surface area contributed by atoms with Gasteiger partial charge in [0.05, 0.1) is 15.9 Å². The van der Waals surface area contributed by atoms with Crippen LogP contribution >= 0.6 is 15.9 Å². The number of rotatable bonds is 8. The first-order chi connectivity index (χ1) is 9.83. The average Bonchev–Trinajstić information content (AvgIpc) is 2.76. The molecule has 0 aliphatic heterocycles. The van der Waals surface area contributed by atoms with E-state index in [1.807, 2.05) is 0 Å². The van der Waals surface area contributed by atoms with Crippen molar-refractivity contribution >= 4 is 15.9 Å². The van der Waals surface area contributed by atoms with E-state index < -0.39 is 0 Å². The molecule has 2 N–H and O–H groups in total. The van der Waals surface area contributed by atoms with Crippen LogP contribution in [0.3, 0.4) is 0 Å². The summed E-state index contributed by atoms with van der Waals surface area (Å²) in [4.78, 5) is 2.43. The van der Waals surface area contributed by atoms with Gasteiger partial charge >= 0.3 is 0 Å². The van der Waals surface area contributed by atoms with E-state index in [1.54, 1.807) is 0 Å². The van der Waals surface area contributed by atoms with Crippen molar-refractivity contribution in [3.63, 3.8) is 0 Å². The lowest BCUT2D eigenvalue weighted by Gasteiger charge is -2.42. The minimum absolute atomic E-state index is 0.0296. The van der Waals surface area contributed by atoms with Crippen molar-refractivity contribution in [3.8, 4) is 0 Å². The maximum absolute atomic E-state index is 6.58. The van der Waals surface area contributed by atoms with Crippen LogP contribution in [0.2, 0.25) is 0 Å². The summed E-state index contributed by atoms with van der Waals surface area (Å²) in [6.45, 7) is 16.1. The molecule has 21 heavy (non-hydrogen) atoms. The molecule has 1 aromatic rings. The van der Waals surface area contributed by atoms with Crippen molar-refractivity contribution in [1.82, 2.24) is 14.7 Å². The van der Waals surface area contributed by atoms with E-state index in [0.717, 1.165) is 42.6 Å². The molecule has 0 bridgehead atoms. The average molecular weight is 359 g/mol. The van der Waals surface area contributed by atoms with E-state index in [9.17, 15) is 0 Å². The van der Waals surface area contributed by atoms with Gasteiger partial charge in [0.2, 0.25) is 0 Å². The zero-order chi connectivity index (χ0) is 16.2. The highest BCUT2D eigenvalue weighted by Gasteiger charge is 2.33. The molecule has 1 unspecified atom stereocenters. The van der Waals surface area contributed by atoms with Gasteiger partial charge in [0.15, 0.2) is 0 Å². The summed E-state index contributed by atoms with van der Waals surface area (Å²) in [6.07, 6.45) is 1.78. The van der Waals surface area contributed by atoms with E-state index in [2.05, 4.69) is 72.2 Å². The summed E-state index contributed by atoms with van der Waals surface area (Å²) in [5.41, 5.74) is 8.89. The van der Waals surface area contributed by atoms with Crippen molar-refractivity contribution < 1.29 is 0 Å². The van der Waals surface area contributed by atoms with Crippen LogP contribution in [-0.2, 0) is 19.4 Å². The zero-order valence-electron chi connectivity index (χ0n) is 14.4. The maximum atomic E-state index is 6.58. The molecule has 5 heteroatoms. The quantitative estimate of drug-likeness (QED) is 0.775. The van der Waals surface area contributed by atoms with Crippen LogP contribution in [0.4, 0.5) is 0 Å². The second kappa shape index (κ2) is 7.75. The lowest BCUT2D eigenvalue weighted by Crippen LogP contribution is -2.57. The van der Waals surface area contributed by atoms with Crippen LogP contribution in [0, 0.1) is 0 Å². The van der Waals surface area contributed by atoms with Crippen molar-refractivity contribution in [2.24, 2.45) is 5.73 Å². The van der Waals surface area contributed by atoms with Gasteiger partial charge in [-0.15, -0.1) is 0 Å². The van der Waals surface area contributed by atoms with Crippen LogP contribution in [0.1, 0.15) is 52.9 Å². The lowest BCUT2D eigenvalue weighted by atomic mass is 9.89. The topological polar surface area (TPSA) is 47.1 Å². The second-order valence-electron chi connectivity index (χ2n) is 6.01. The van der Waals surface area contributed by atoms with E-state index in [4.69, 9.17) is 5.73 Å². The van der Waals surface area contributed by atoms with Gasteiger partial charge in [-0.3, -0.25) is 9.58 Å². The molecule has 1 aromatic heterocycles. The molecule has 1 heterocycles. The molecule has 0 fully saturated rings. The van der Waals surface area contributed by atoms with Crippen molar-refractivity contribution in [2.45, 2.75) is 72.5 Å². The minimum Gasteiger partial charge on any atom is -0.326 e. The number of likely N-dealkylation sites (N-methyl/N-ethyl adjacent to an activating group) is 1. The third kappa shape index (κ3) is 3.88. The first-order valence-corrected chi connectivity index (χ1v) is 8.87. The van der Waals surface area contributed by atoms with Crippen molar-refractivity contribution in [3.05, 3.63) is 15.9 Å². The van der Waals surface area contributed by atoms with E-state index in [0.29, 0.717) is 0 Å². The SMILES string of the molecule is CCc1nn(CC)c(CC(N)C(C)(C)N(CC)CC)c1Br. The fraction of sp³-hybridized carbons (Fsp3) is 0.812. The Kier molecular flexibility index (Phi) is 6.88. The summed E-state index contributed by atoms with van der Waals surface area (Å²) in [6, 6.07) is 0.0698. The fourth-order valence-corrected chi connectivity index (χ4v) is 3.67. The zero-order valence-corrected chi connectivity index (χ0v) is 16.0. The first-order valence-electron chi connectivity index (χ1n) is 8.07. The Bertz CT molecular complexity index is 449. The standard InChI is InChI=1S/C16H31BrN4/c1-7-12-15(17)13(21(10-4)19-12)11-14(18)16(5,6)20(8-2)9-3/h14H,7-11,18H2,1-6H3. The third-order valence-electron chi connectivity index (χ3n) is 4.59. The van der Waals surface area contributed by atoms with Crippen LogP contribution in [0.25, 0.3) is 0 Å². The molecule has 0 radical (unpaired) electrons. The fourth-order valence-electron chi connectivity index (χ4n) is 2.94. The second-order valence-corrected chi connectivity index (χ2v) is 6.81. The molecule has 0 saturated heterocycles. The first kappa shape index (κ1) is 18.7. The van der Waals surface area contributed by atoms with Gasteiger partial charge in [-0.25, -0.2) is 0 Å². The monoisotopic (exact) mass is 358 g/mol. The summed E-state index contributed by atoms with van der Waals surface area (Å²) in [5.74, 6) is 0. The third-order valence-corrected chi connectivity index (χ3v) is 5.51. The predicted octanol–water partition coefficient (Wildman–Crippen LogP) is 3.22. The molecule has 0 aliphatic rings. The molecule has 1 rings (SSSR count). The van der Waals surface area contributed by atoms with Gasteiger partial charge in [0.25, 0.3) is 0 Å². The predicted molar refractivity (Wildman–Crippen MR) is 93.7 cm³/mol. The molecule has 0 amide bonds. The maximum Gasteiger partial charge on any atom is 0.0766 e. The number of hydrogen-bond donors (Lipinski definition) is 1. The van der Waals surface area contributed by atoms with Crippen LogP contribution < -0.4 is 5.73 Å². The highest BCUT2D eigenvalue weighted by atomic mass is 79.9. The summed E-state index contributed by atoms with van der Waals surface area (Å²) >= 11 is 3.72. The van der Waals surface area contributed by atoms with Crippen molar-refractivity contribution in [2.75, 3.05) is 13.1 Å². The number of nitrogens with zero attached hydrogens (tertiary/aromatic N) is 3. The van der Waals surface area contributed by atoms with Crippen molar-refractivity contribution in [1.29, 1.82) is 0 Å². The Labute approximate surface area is 138 Å². The molecular formula is C16H31BrN4. The number of aromatic nitrogens is 2. The van der Waals surface area contributed by atoms with E-state index in [-0.39, 0.29) is 11.6 Å². The molecule has 1 atom stereocenters. The molecule has 122 valence electrons. The molecule has 0 aliphatic carbocycles. The normalized spacial score (nSPS) is 14.0. The highest BCUT2D eigenvalue weighted by Crippen LogP contribution is 2.27. The number of aryl methyl sites for hydroxylation is 2. The smallest absolute Gasteiger partial charge is 0.0766 e. The molecule has 0 aromatic carbocycles. The summed E-state index contributed by atoms with van der Waals surface area (Å²) < 4.78 is 3.22. The van der Waals surface area contributed by atoms with Gasteiger partial charge in [0, 0.05) is 24.5 Å². The summed E-state index contributed by atoms with van der Waals surface area (Å²) in [7, 11) is 0. The Morgan fingerprint density at radius 3 is 2.24 bits per heavy atom. The molecule has 0 spiro atoms. The van der Waals surface area contributed by atoms with Gasteiger partial charge < -0.3 is 5.73 Å².